The molecule has 0 unspecified atom stereocenters. The molecule has 9 rings (SSSR count). The maximum absolute atomic E-state index is 13.1. The zero-order valence-corrected chi connectivity index (χ0v) is 29.8. The van der Waals surface area contributed by atoms with Crippen molar-refractivity contribution in [3.8, 4) is 44.9 Å². The third-order valence-electron chi connectivity index (χ3n) is 10.1. The maximum atomic E-state index is 13.1. The van der Waals surface area contributed by atoms with Gasteiger partial charge < -0.3 is 9.47 Å². The fraction of sp³-hybridized carbons (Fsp3) is 0.0196. The van der Waals surface area contributed by atoms with E-state index in [0.29, 0.717) is 11.1 Å². The molecule has 0 spiro atoms. The average molecular weight is 711 g/mol. The minimum Gasteiger partial charge on any atom is -0.457 e. The van der Waals surface area contributed by atoms with E-state index in [1.165, 1.54) is 0 Å². The molecule has 0 aliphatic carbocycles. The van der Waals surface area contributed by atoms with Gasteiger partial charge in [0.25, 0.3) is 0 Å². The minimum atomic E-state index is -0.0522. The number of hydrogen-bond donors (Lipinski definition) is 0. The number of ketones is 2. The summed E-state index contributed by atoms with van der Waals surface area (Å²) in [6.45, 7) is 0.0987. The third-order valence-corrected chi connectivity index (χ3v) is 10.1. The molecule has 0 radical (unpaired) electrons. The van der Waals surface area contributed by atoms with Crippen LogP contribution in [-0.2, 0) is 0 Å². The molecule has 0 saturated carbocycles. The van der Waals surface area contributed by atoms with Crippen molar-refractivity contribution in [3.05, 3.63) is 204 Å². The summed E-state index contributed by atoms with van der Waals surface area (Å²) in [6, 6.07) is 56.1. The van der Waals surface area contributed by atoms with Crippen molar-refractivity contribution in [1.29, 1.82) is 0 Å². The molecule has 1 heterocycles. The zero-order chi connectivity index (χ0) is 37.1. The molecule has 8 aromatic rings. The van der Waals surface area contributed by atoms with E-state index in [0.717, 1.165) is 77.6 Å². The first-order valence-corrected chi connectivity index (χ1v) is 18.2. The molecule has 0 amide bonds. The van der Waals surface area contributed by atoms with Gasteiger partial charge >= 0.3 is 0 Å². The Balaban J connectivity index is 0.980. The number of allylic oxidation sites excluding steroid dienone is 2. The molecule has 55 heavy (non-hydrogen) atoms. The molecule has 0 N–H and O–H groups in total. The van der Waals surface area contributed by atoms with Gasteiger partial charge in [0, 0.05) is 22.3 Å². The van der Waals surface area contributed by atoms with Gasteiger partial charge in [-0.2, -0.15) is 0 Å². The van der Waals surface area contributed by atoms with Gasteiger partial charge in [-0.05, 0) is 91.3 Å². The highest BCUT2D eigenvalue weighted by Crippen LogP contribution is 2.47. The van der Waals surface area contributed by atoms with Crippen LogP contribution in [0.15, 0.2) is 182 Å². The first kappa shape index (κ1) is 33.5. The lowest BCUT2D eigenvalue weighted by molar-refractivity contribution is 0.103. The number of rotatable bonds is 8. The lowest BCUT2D eigenvalue weighted by Crippen LogP contribution is -2.03. The number of carbonyl (C=O) groups excluding carboxylic acids is 2. The van der Waals surface area contributed by atoms with Crippen LogP contribution in [0, 0.1) is 0 Å². The minimum absolute atomic E-state index is 0.0522. The van der Waals surface area contributed by atoms with Crippen LogP contribution in [0.25, 0.3) is 67.1 Å². The summed E-state index contributed by atoms with van der Waals surface area (Å²) in [6.07, 6.45) is 6.98. The average Bonchev–Trinajstić information content (AvgIpc) is 3.45. The molecule has 1 aliphatic heterocycles. The lowest BCUT2D eigenvalue weighted by Gasteiger charge is -2.14. The smallest absolute Gasteiger partial charge is 0.230 e. The van der Waals surface area contributed by atoms with Crippen molar-refractivity contribution < 1.29 is 19.1 Å². The summed E-state index contributed by atoms with van der Waals surface area (Å²) in [5.41, 5.74) is 9.41. The Morgan fingerprint density at radius 2 is 0.818 bits per heavy atom. The van der Waals surface area contributed by atoms with Gasteiger partial charge in [-0.1, -0.05) is 158 Å². The van der Waals surface area contributed by atoms with Crippen molar-refractivity contribution in [2.45, 2.75) is 0 Å². The van der Waals surface area contributed by atoms with Crippen LogP contribution in [0.3, 0.4) is 0 Å². The third kappa shape index (κ3) is 6.85. The van der Waals surface area contributed by atoms with Crippen LogP contribution in [0.5, 0.6) is 11.5 Å². The number of carbonyl (C=O) groups is 2. The van der Waals surface area contributed by atoms with Gasteiger partial charge in [0.15, 0.2) is 11.6 Å². The van der Waals surface area contributed by atoms with E-state index in [1.807, 2.05) is 133 Å². The second-order valence-corrected chi connectivity index (χ2v) is 13.5. The predicted octanol–water partition coefficient (Wildman–Crippen LogP) is 12.5. The second-order valence-electron chi connectivity index (χ2n) is 13.5. The van der Waals surface area contributed by atoms with E-state index >= 15 is 0 Å². The summed E-state index contributed by atoms with van der Waals surface area (Å²) < 4.78 is 12.2. The Kier molecular flexibility index (Phi) is 8.91. The van der Waals surface area contributed by atoms with Crippen molar-refractivity contribution in [2.75, 3.05) is 6.79 Å². The second kappa shape index (κ2) is 14.6. The lowest BCUT2D eigenvalue weighted by atomic mass is 9.91. The first-order chi connectivity index (χ1) is 27.1. The number of hydrogen-bond acceptors (Lipinski definition) is 4. The Labute approximate surface area is 319 Å². The highest BCUT2D eigenvalue weighted by atomic mass is 16.7. The number of ether oxygens (including phenoxy) is 2. The topological polar surface area (TPSA) is 52.6 Å². The van der Waals surface area contributed by atoms with Crippen LogP contribution in [0.2, 0.25) is 0 Å². The predicted molar refractivity (Wildman–Crippen MR) is 223 cm³/mol. The van der Waals surface area contributed by atoms with Crippen LogP contribution in [0.4, 0.5) is 0 Å². The van der Waals surface area contributed by atoms with Gasteiger partial charge in [-0.25, -0.2) is 0 Å². The van der Waals surface area contributed by atoms with Gasteiger partial charge in [0.05, 0.1) is 0 Å². The molecule has 0 atom stereocenters. The van der Waals surface area contributed by atoms with Crippen molar-refractivity contribution >= 4 is 45.3 Å². The fourth-order valence-corrected chi connectivity index (χ4v) is 7.23. The van der Waals surface area contributed by atoms with Crippen LogP contribution in [0.1, 0.15) is 31.8 Å². The first-order valence-electron chi connectivity index (χ1n) is 18.2. The zero-order valence-electron chi connectivity index (χ0n) is 29.8. The van der Waals surface area contributed by atoms with E-state index in [1.54, 1.807) is 12.2 Å². The SMILES string of the molecule is O=C(/C=C/c1ccc2c3c(ccc2c1)OCOc1ccc2cc(/C=C/C(=O)c4ccc(-c5ccccc5)cc4)ccc2c1-3)c1ccc(-c2ccccc2)cc1. The number of fused-ring (bicyclic) bond motifs is 7. The highest BCUT2D eigenvalue weighted by Gasteiger charge is 2.22. The Morgan fingerprint density at radius 3 is 1.24 bits per heavy atom. The fourth-order valence-electron chi connectivity index (χ4n) is 7.23. The Morgan fingerprint density at radius 1 is 0.418 bits per heavy atom. The quantitative estimate of drug-likeness (QED) is 0.116. The van der Waals surface area contributed by atoms with E-state index in [4.69, 9.17) is 9.47 Å². The van der Waals surface area contributed by atoms with E-state index in [-0.39, 0.29) is 18.4 Å². The molecule has 0 aromatic heterocycles. The van der Waals surface area contributed by atoms with Crippen molar-refractivity contribution in [2.24, 2.45) is 0 Å². The molecule has 1 aliphatic rings. The monoisotopic (exact) mass is 710 g/mol. The Hall–Kier alpha value is -7.30. The molecule has 0 saturated heterocycles. The summed E-state index contributed by atoms with van der Waals surface area (Å²) >= 11 is 0. The largest absolute Gasteiger partial charge is 0.457 e. The molecule has 4 heteroatoms. The maximum Gasteiger partial charge on any atom is 0.230 e. The number of benzene rings is 8. The molecule has 4 nitrogen and oxygen atoms in total. The normalized spacial score (nSPS) is 12.2. The summed E-state index contributed by atoms with van der Waals surface area (Å²) in [5, 5.41) is 4.07. The Bertz CT molecular complexity index is 2590. The molecular weight excluding hydrogens is 677 g/mol. The summed E-state index contributed by atoms with van der Waals surface area (Å²) in [4.78, 5) is 26.2. The van der Waals surface area contributed by atoms with Gasteiger partial charge in [0.2, 0.25) is 6.79 Å². The molecule has 262 valence electrons. The van der Waals surface area contributed by atoms with Gasteiger partial charge in [-0.15, -0.1) is 0 Å². The van der Waals surface area contributed by atoms with E-state index < -0.39 is 0 Å². The summed E-state index contributed by atoms with van der Waals surface area (Å²) in [7, 11) is 0. The van der Waals surface area contributed by atoms with Crippen LogP contribution < -0.4 is 9.47 Å². The summed E-state index contributed by atoms with van der Waals surface area (Å²) in [5.74, 6) is 1.38. The molecule has 0 bridgehead atoms. The van der Waals surface area contributed by atoms with E-state index in [9.17, 15) is 9.59 Å². The van der Waals surface area contributed by atoms with Gasteiger partial charge in [0.1, 0.15) is 11.5 Å². The highest BCUT2D eigenvalue weighted by molar-refractivity contribution is 6.12. The van der Waals surface area contributed by atoms with Crippen LogP contribution in [-0.4, -0.2) is 18.4 Å². The van der Waals surface area contributed by atoms with Crippen molar-refractivity contribution in [3.63, 3.8) is 0 Å². The van der Waals surface area contributed by atoms with Gasteiger partial charge in [-0.3, -0.25) is 9.59 Å². The standard InChI is InChI=1S/C51H34O4/c52-46(40-19-15-38(16-20-40)36-7-3-1-4-8-36)27-13-34-11-25-44-42(31-34)23-29-48-50(44)51-45-26-12-35(32-43(45)24-30-49(51)55-33-54-48)14-28-47(53)41-21-17-39(18-22-41)37-9-5-2-6-10-37/h1-32H,33H2/b27-13+,28-14+. The molecular formula is C51H34O4. The van der Waals surface area contributed by atoms with Crippen LogP contribution >= 0.6 is 0 Å². The molecule has 0 fully saturated rings. The molecule has 8 aromatic carbocycles. The van der Waals surface area contributed by atoms with E-state index in [2.05, 4.69) is 48.5 Å². The van der Waals surface area contributed by atoms with Crippen molar-refractivity contribution in [1.82, 2.24) is 0 Å².